The molecule has 0 heterocycles. The molecule has 0 aromatic carbocycles. The molecule has 0 N–H and O–H groups in total. The minimum Gasteiger partial charge on any atom is -0.323 e. The molecule has 0 nitrogen and oxygen atoms in total. The van der Waals surface area contributed by atoms with Crippen LogP contribution in [0.3, 0.4) is 0 Å². The van der Waals surface area contributed by atoms with E-state index < -0.39 is 0 Å². The van der Waals surface area contributed by atoms with Crippen molar-refractivity contribution in [3.63, 3.8) is 0 Å². The highest BCUT2D eigenvalue weighted by molar-refractivity contribution is 4.94. The zero-order chi connectivity index (χ0) is 4.62. The molecule has 36 valence electrons. The average molecular weight is 83.2 g/mol. The van der Waals surface area contributed by atoms with Gasteiger partial charge in [0.15, 0.2) is 0 Å². The zero-order valence-corrected chi connectivity index (χ0v) is 4.49. The van der Waals surface area contributed by atoms with Gasteiger partial charge >= 0.3 is 0 Å². The maximum absolute atomic E-state index is 2.37. The van der Waals surface area contributed by atoms with Gasteiger partial charge in [0.2, 0.25) is 0 Å². The fraction of sp³-hybridized carbons (Fsp3) is 0.833. The first kappa shape index (κ1) is 4.17. The summed E-state index contributed by atoms with van der Waals surface area (Å²) in [4.78, 5) is 0. The van der Waals surface area contributed by atoms with Crippen molar-refractivity contribution in [2.45, 2.75) is 26.7 Å². The Morgan fingerprint density at radius 3 is 1.83 bits per heavy atom. The Balaban J connectivity index is 2.31. The second-order valence-electron chi connectivity index (χ2n) is 2.73. The van der Waals surface area contributed by atoms with E-state index in [9.17, 15) is 0 Å². The quantitative estimate of drug-likeness (QED) is 0.393. The normalized spacial score (nSPS) is 29.0. The second kappa shape index (κ2) is 0.988. The summed E-state index contributed by atoms with van der Waals surface area (Å²) in [5.41, 5.74) is 0.597. The maximum Gasteiger partial charge on any atom is -0.0874 e. The summed E-state index contributed by atoms with van der Waals surface area (Å²) >= 11 is 0. The van der Waals surface area contributed by atoms with Gasteiger partial charge in [0.25, 0.3) is 0 Å². The highest BCUT2D eigenvalue weighted by Crippen LogP contribution is 2.37. The van der Waals surface area contributed by atoms with Gasteiger partial charge in [-0.25, -0.2) is 0 Å². The molecule has 0 spiro atoms. The van der Waals surface area contributed by atoms with Crippen molar-refractivity contribution in [1.29, 1.82) is 0 Å². The highest BCUT2D eigenvalue weighted by Gasteiger charge is 2.12. The molecule has 1 fully saturated rings. The number of hydrogen-bond acceptors (Lipinski definition) is 0. The molecule has 0 aromatic rings. The standard InChI is InChI=1S/C6H11/c1-6(2)4-3-5-6/h4H,3,5H2,1-2H3/q-1. The molecule has 1 rings (SSSR count). The Kier molecular flexibility index (Phi) is 0.686. The molecule has 0 amide bonds. The fourth-order valence-electron chi connectivity index (χ4n) is 0.722. The first-order valence-corrected chi connectivity index (χ1v) is 2.55. The molecule has 0 bridgehead atoms. The summed E-state index contributed by atoms with van der Waals surface area (Å²) in [6.07, 6.45) is 5.10. The zero-order valence-electron chi connectivity index (χ0n) is 4.49. The fourth-order valence-corrected chi connectivity index (χ4v) is 0.722. The Bertz CT molecular complexity index is 47.1. The minimum absolute atomic E-state index is 0.597. The third-order valence-corrected chi connectivity index (χ3v) is 1.49. The molecule has 0 heteroatoms. The Hall–Kier alpha value is 0. The van der Waals surface area contributed by atoms with E-state index in [-0.39, 0.29) is 0 Å². The van der Waals surface area contributed by atoms with Crippen LogP contribution in [0.5, 0.6) is 0 Å². The lowest BCUT2D eigenvalue weighted by Crippen LogP contribution is -2.21. The summed E-state index contributed by atoms with van der Waals surface area (Å²) in [6.45, 7) is 4.55. The third kappa shape index (κ3) is 0.562. The molecule has 0 unspecified atom stereocenters. The number of hydrogen-bond donors (Lipinski definition) is 0. The lowest BCUT2D eigenvalue weighted by Gasteiger charge is -2.46. The first-order valence-electron chi connectivity index (χ1n) is 2.55. The van der Waals surface area contributed by atoms with Crippen LogP contribution in [-0.2, 0) is 0 Å². The molecule has 0 radical (unpaired) electrons. The summed E-state index contributed by atoms with van der Waals surface area (Å²) in [5, 5.41) is 0. The molecular formula is C6H11-. The van der Waals surface area contributed by atoms with Crippen LogP contribution in [0, 0.1) is 11.8 Å². The van der Waals surface area contributed by atoms with E-state index in [4.69, 9.17) is 0 Å². The topological polar surface area (TPSA) is 0 Å². The highest BCUT2D eigenvalue weighted by atomic mass is 14.3. The smallest absolute Gasteiger partial charge is 0.0874 e. The van der Waals surface area contributed by atoms with E-state index in [0.29, 0.717) is 5.41 Å². The van der Waals surface area contributed by atoms with Crippen molar-refractivity contribution in [3.05, 3.63) is 6.42 Å². The lowest BCUT2D eigenvalue weighted by atomic mass is 9.72. The van der Waals surface area contributed by atoms with Crippen LogP contribution < -0.4 is 0 Å². The Labute approximate surface area is 39.6 Å². The monoisotopic (exact) mass is 83.1 g/mol. The molecule has 0 aliphatic heterocycles. The molecular weight excluding hydrogens is 72.1 g/mol. The van der Waals surface area contributed by atoms with Crippen LogP contribution in [0.25, 0.3) is 0 Å². The SMILES string of the molecule is CC1(C)[CH-]CC1. The van der Waals surface area contributed by atoms with Crippen LogP contribution in [0.15, 0.2) is 0 Å². The minimum atomic E-state index is 0.597. The maximum atomic E-state index is 2.37. The van der Waals surface area contributed by atoms with Gasteiger partial charge in [-0.1, -0.05) is 13.8 Å². The van der Waals surface area contributed by atoms with Crippen molar-refractivity contribution in [2.24, 2.45) is 5.41 Å². The first-order chi connectivity index (χ1) is 2.71. The van der Waals surface area contributed by atoms with E-state index in [1.54, 1.807) is 0 Å². The van der Waals surface area contributed by atoms with Gasteiger partial charge in [0.05, 0.1) is 0 Å². The van der Waals surface area contributed by atoms with E-state index in [1.807, 2.05) is 0 Å². The average Bonchev–Trinajstić information content (AvgIpc) is 1.32. The van der Waals surface area contributed by atoms with E-state index in [1.165, 1.54) is 12.8 Å². The van der Waals surface area contributed by atoms with Gasteiger partial charge < -0.3 is 6.42 Å². The molecule has 1 saturated carbocycles. The Morgan fingerprint density at radius 2 is 1.83 bits per heavy atom. The predicted octanol–water partition coefficient (Wildman–Crippen LogP) is 2.01. The van der Waals surface area contributed by atoms with E-state index >= 15 is 0 Å². The molecule has 1 aliphatic rings. The van der Waals surface area contributed by atoms with Crippen LogP contribution >= 0.6 is 0 Å². The molecule has 1 aliphatic carbocycles. The van der Waals surface area contributed by atoms with E-state index in [0.717, 1.165) is 0 Å². The van der Waals surface area contributed by atoms with Crippen molar-refractivity contribution in [1.82, 2.24) is 0 Å². The summed E-state index contributed by atoms with van der Waals surface area (Å²) in [7, 11) is 0. The summed E-state index contributed by atoms with van der Waals surface area (Å²) in [5.74, 6) is 0. The van der Waals surface area contributed by atoms with Gasteiger partial charge in [0, 0.05) is 0 Å². The van der Waals surface area contributed by atoms with Crippen molar-refractivity contribution < 1.29 is 0 Å². The van der Waals surface area contributed by atoms with Crippen molar-refractivity contribution in [2.75, 3.05) is 0 Å². The summed E-state index contributed by atoms with van der Waals surface area (Å²) < 4.78 is 0. The molecule has 0 aromatic heterocycles. The molecule has 0 saturated heterocycles. The third-order valence-electron chi connectivity index (χ3n) is 1.49. The Morgan fingerprint density at radius 1 is 1.50 bits per heavy atom. The van der Waals surface area contributed by atoms with Crippen molar-refractivity contribution in [3.8, 4) is 0 Å². The van der Waals surface area contributed by atoms with Crippen LogP contribution in [-0.4, -0.2) is 0 Å². The number of rotatable bonds is 0. The predicted molar refractivity (Wildman–Crippen MR) is 27.3 cm³/mol. The largest absolute Gasteiger partial charge is 0.323 e. The summed E-state index contributed by atoms with van der Waals surface area (Å²) in [6, 6.07) is 0. The van der Waals surface area contributed by atoms with Crippen LogP contribution in [0.2, 0.25) is 0 Å². The van der Waals surface area contributed by atoms with Gasteiger partial charge in [0.1, 0.15) is 0 Å². The van der Waals surface area contributed by atoms with Gasteiger partial charge in [-0.2, -0.15) is 11.8 Å². The lowest BCUT2D eigenvalue weighted by molar-refractivity contribution is 0.295. The van der Waals surface area contributed by atoms with E-state index in [2.05, 4.69) is 20.3 Å². The second-order valence-corrected chi connectivity index (χ2v) is 2.73. The molecule has 0 atom stereocenters. The molecule has 6 heavy (non-hydrogen) atoms. The van der Waals surface area contributed by atoms with Gasteiger partial charge in [-0.05, 0) is 0 Å². The van der Waals surface area contributed by atoms with Crippen LogP contribution in [0.4, 0.5) is 0 Å². The van der Waals surface area contributed by atoms with Gasteiger partial charge in [-0.15, -0.1) is 6.42 Å². The van der Waals surface area contributed by atoms with Gasteiger partial charge in [-0.3, -0.25) is 0 Å². The van der Waals surface area contributed by atoms with Crippen LogP contribution in [0.1, 0.15) is 26.7 Å². The van der Waals surface area contributed by atoms with Crippen molar-refractivity contribution >= 4 is 0 Å².